The second-order valence-corrected chi connectivity index (χ2v) is 6.06. The van der Waals surface area contributed by atoms with E-state index in [1.807, 2.05) is 0 Å². The smallest absolute Gasteiger partial charge is 0.00137 e. The fourth-order valence-electron chi connectivity index (χ4n) is 3.09. The summed E-state index contributed by atoms with van der Waals surface area (Å²) in [4.78, 5) is 0. The van der Waals surface area contributed by atoms with E-state index >= 15 is 0 Å². The predicted octanol–water partition coefficient (Wildman–Crippen LogP) is 5.79. The topological polar surface area (TPSA) is 0 Å². The Morgan fingerprint density at radius 2 is 1.05 bits per heavy atom. The van der Waals surface area contributed by atoms with Crippen LogP contribution in [0.5, 0.6) is 0 Å². The molecule has 0 aliphatic heterocycles. The largest absolute Gasteiger partial charge is 0.0614 e. The Kier molecular flexibility index (Phi) is 3.55. The van der Waals surface area contributed by atoms with Crippen molar-refractivity contribution in [3.63, 3.8) is 0 Å². The summed E-state index contributed by atoms with van der Waals surface area (Å²) in [6, 6.07) is 13.2. The van der Waals surface area contributed by atoms with Gasteiger partial charge in [-0.1, -0.05) is 48.6 Å². The highest BCUT2D eigenvalue weighted by atomic mass is 14.2. The Bertz CT molecular complexity index is 692. The third-order valence-electron chi connectivity index (χ3n) is 4.77. The van der Waals surface area contributed by atoms with Crippen molar-refractivity contribution in [3.8, 4) is 0 Å². The Labute approximate surface area is 127 Å². The maximum absolute atomic E-state index is 2.29. The van der Waals surface area contributed by atoms with Crippen LogP contribution in [0.25, 0.3) is 11.1 Å². The first-order chi connectivity index (χ1) is 10.1. The molecular weight excluding hydrogens is 252 g/mol. The van der Waals surface area contributed by atoms with Gasteiger partial charge in [0, 0.05) is 0 Å². The first-order valence-electron chi connectivity index (χ1n) is 7.61. The zero-order chi connectivity index (χ0) is 15.0. The van der Waals surface area contributed by atoms with Gasteiger partial charge in [0.15, 0.2) is 0 Å². The van der Waals surface area contributed by atoms with Crippen LogP contribution in [0.2, 0.25) is 0 Å². The molecule has 0 bridgehead atoms. The monoisotopic (exact) mass is 274 g/mol. The summed E-state index contributed by atoms with van der Waals surface area (Å²) in [5.41, 5.74) is 11.2. The highest BCUT2D eigenvalue weighted by molar-refractivity contribution is 5.88. The molecule has 106 valence electrons. The van der Waals surface area contributed by atoms with E-state index < -0.39 is 0 Å². The molecule has 0 radical (unpaired) electrons. The summed E-state index contributed by atoms with van der Waals surface area (Å²) in [5.74, 6) is 0. The van der Waals surface area contributed by atoms with Gasteiger partial charge in [0.2, 0.25) is 0 Å². The highest BCUT2D eigenvalue weighted by Crippen LogP contribution is 2.37. The molecule has 0 saturated carbocycles. The number of allylic oxidation sites excluding steroid dienone is 4. The van der Waals surface area contributed by atoms with Gasteiger partial charge in [0.25, 0.3) is 0 Å². The van der Waals surface area contributed by atoms with Gasteiger partial charge < -0.3 is 0 Å². The quantitative estimate of drug-likeness (QED) is 0.650. The lowest BCUT2D eigenvalue weighted by Crippen LogP contribution is -1.93. The second kappa shape index (κ2) is 5.37. The van der Waals surface area contributed by atoms with E-state index in [2.05, 4.69) is 76.2 Å². The van der Waals surface area contributed by atoms with Gasteiger partial charge in [0.05, 0.1) is 0 Å². The maximum atomic E-state index is 2.29. The zero-order valence-electron chi connectivity index (χ0n) is 13.3. The van der Waals surface area contributed by atoms with Crippen LogP contribution < -0.4 is 0 Å². The van der Waals surface area contributed by atoms with Crippen molar-refractivity contribution in [2.45, 2.75) is 34.1 Å². The molecule has 0 amide bonds. The Morgan fingerprint density at radius 3 is 1.48 bits per heavy atom. The molecule has 0 saturated heterocycles. The molecule has 0 spiro atoms. The first kappa shape index (κ1) is 13.9. The van der Waals surface area contributed by atoms with Gasteiger partial charge in [-0.25, -0.2) is 0 Å². The molecule has 0 heteroatoms. The average molecular weight is 274 g/mol. The Morgan fingerprint density at radius 1 is 0.619 bits per heavy atom. The minimum atomic E-state index is 1.04. The molecule has 0 heterocycles. The average Bonchev–Trinajstić information content (AvgIpc) is 2.94. The lowest BCUT2D eigenvalue weighted by molar-refractivity contribution is 1.27. The van der Waals surface area contributed by atoms with Crippen molar-refractivity contribution in [1.82, 2.24) is 0 Å². The number of hydrogen-bond acceptors (Lipinski definition) is 0. The van der Waals surface area contributed by atoms with Crippen LogP contribution in [0.4, 0.5) is 0 Å². The van der Waals surface area contributed by atoms with Gasteiger partial charge in [-0.2, -0.15) is 0 Å². The highest BCUT2D eigenvalue weighted by Gasteiger charge is 2.15. The molecule has 0 aromatic heterocycles. The number of benzene rings is 2. The molecule has 3 rings (SSSR count). The Balaban J connectivity index is 1.91. The minimum absolute atomic E-state index is 1.04. The SMILES string of the molecule is Cc1cccc(C2=CC=C(c3cccc(C)c3C)C2)c1C. The molecule has 0 fully saturated rings. The molecule has 1 aliphatic carbocycles. The van der Waals surface area contributed by atoms with Crippen LogP contribution in [-0.2, 0) is 0 Å². The van der Waals surface area contributed by atoms with Crippen molar-refractivity contribution in [2.24, 2.45) is 0 Å². The van der Waals surface area contributed by atoms with E-state index in [9.17, 15) is 0 Å². The number of hydrogen-bond donors (Lipinski definition) is 0. The lowest BCUT2D eigenvalue weighted by Gasteiger charge is -2.13. The van der Waals surface area contributed by atoms with Crippen LogP contribution >= 0.6 is 0 Å². The Hall–Kier alpha value is -2.08. The predicted molar refractivity (Wildman–Crippen MR) is 92.4 cm³/mol. The van der Waals surface area contributed by atoms with Gasteiger partial charge in [-0.15, -0.1) is 0 Å². The van der Waals surface area contributed by atoms with Crippen molar-refractivity contribution in [2.75, 3.05) is 0 Å². The number of aryl methyl sites for hydroxylation is 2. The standard InChI is InChI=1S/C21H22/c1-14-7-5-9-20(16(14)3)18-11-12-19(13-18)21-10-6-8-15(2)17(21)4/h5-12H,13H2,1-4H3. The normalized spacial score (nSPS) is 14.1. The van der Waals surface area contributed by atoms with Crippen molar-refractivity contribution in [3.05, 3.63) is 81.9 Å². The molecule has 2 aromatic carbocycles. The maximum Gasteiger partial charge on any atom is -0.00137 e. The van der Waals surface area contributed by atoms with Gasteiger partial charge in [-0.05, 0) is 78.6 Å². The summed E-state index contributed by atoms with van der Waals surface area (Å²) in [6.07, 6.45) is 5.62. The van der Waals surface area contributed by atoms with E-state index in [0.29, 0.717) is 0 Å². The third kappa shape index (κ3) is 2.47. The molecule has 21 heavy (non-hydrogen) atoms. The summed E-state index contributed by atoms with van der Waals surface area (Å²) in [5, 5.41) is 0. The number of rotatable bonds is 2. The summed E-state index contributed by atoms with van der Waals surface area (Å²) in [7, 11) is 0. The fourth-order valence-corrected chi connectivity index (χ4v) is 3.09. The van der Waals surface area contributed by atoms with Crippen LogP contribution in [0, 0.1) is 27.7 Å². The van der Waals surface area contributed by atoms with E-state index in [4.69, 9.17) is 0 Å². The third-order valence-corrected chi connectivity index (χ3v) is 4.77. The molecule has 0 N–H and O–H groups in total. The minimum Gasteiger partial charge on any atom is -0.0614 e. The van der Waals surface area contributed by atoms with Gasteiger partial charge in [-0.3, -0.25) is 0 Å². The van der Waals surface area contributed by atoms with Gasteiger partial charge in [0.1, 0.15) is 0 Å². The van der Waals surface area contributed by atoms with Crippen molar-refractivity contribution in [1.29, 1.82) is 0 Å². The van der Waals surface area contributed by atoms with Crippen LogP contribution in [0.15, 0.2) is 48.6 Å². The molecular formula is C21H22. The fraction of sp³-hybridized carbons (Fsp3) is 0.238. The molecule has 2 aromatic rings. The molecule has 0 atom stereocenters. The van der Waals surface area contributed by atoms with E-state index in [-0.39, 0.29) is 0 Å². The van der Waals surface area contributed by atoms with Crippen molar-refractivity contribution >= 4 is 11.1 Å². The molecule has 0 nitrogen and oxygen atoms in total. The first-order valence-corrected chi connectivity index (χ1v) is 7.61. The molecule has 1 aliphatic rings. The lowest BCUT2D eigenvalue weighted by atomic mass is 9.92. The van der Waals surface area contributed by atoms with E-state index in [0.717, 1.165) is 6.42 Å². The summed E-state index contributed by atoms with van der Waals surface area (Å²) < 4.78 is 0. The van der Waals surface area contributed by atoms with Crippen LogP contribution in [-0.4, -0.2) is 0 Å². The second-order valence-electron chi connectivity index (χ2n) is 6.06. The van der Waals surface area contributed by atoms with E-state index in [1.165, 1.54) is 44.5 Å². The van der Waals surface area contributed by atoms with Crippen molar-refractivity contribution < 1.29 is 0 Å². The zero-order valence-corrected chi connectivity index (χ0v) is 13.3. The van der Waals surface area contributed by atoms with Crippen LogP contribution in [0.3, 0.4) is 0 Å². The molecule has 0 unspecified atom stereocenters. The van der Waals surface area contributed by atoms with Gasteiger partial charge >= 0.3 is 0 Å². The van der Waals surface area contributed by atoms with Crippen LogP contribution in [0.1, 0.15) is 39.8 Å². The summed E-state index contributed by atoms with van der Waals surface area (Å²) >= 11 is 0. The summed E-state index contributed by atoms with van der Waals surface area (Å²) in [6.45, 7) is 8.82. The van der Waals surface area contributed by atoms with E-state index in [1.54, 1.807) is 0 Å².